The van der Waals surface area contributed by atoms with Crippen LogP contribution in [0.5, 0.6) is 0 Å². The Morgan fingerprint density at radius 3 is 2.62 bits per heavy atom. The third kappa shape index (κ3) is 3.15. The SMILES string of the molecule is C[C@@H]1[C@H](C(=O)O)CCCN1C(=O)c1ccc(N(C)C)nc1. The molecule has 1 aliphatic rings. The minimum absolute atomic E-state index is 0.147. The number of piperidine rings is 1. The van der Waals surface area contributed by atoms with E-state index in [1.807, 2.05) is 19.0 Å². The number of likely N-dealkylation sites (tertiary alicyclic amines) is 1. The first-order chi connectivity index (χ1) is 9.91. The summed E-state index contributed by atoms with van der Waals surface area (Å²) >= 11 is 0. The summed E-state index contributed by atoms with van der Waals surface area (Å²) in [6.07, 6.45) is 2.89. The quantitative estimate of drug-likeness (QED) is 0.913. The van der Waals surface area contributed by atoms with Crippen LogP contribution in [0.25, 0.3) is 0 Å². The van der Waals surface area contributed by atoms with E-state index in [9.17, 15) is 14.7 Å². The van der Waals surface area contributed by atoms with E-state index >= 15 is 0 Å². The van der Waals surface area contributed by atoms with Crippen molar-refractivity contribution in [1.29, 1.82) is 0 Å². The molecule has 6 nitrogen and oxygen atoms in total. The molecule has 2 rings (SSSR count). The summed E-state index contributed by atoms with van der Waals surface area (Å²) in [6.45, 7) is 2.40. The number of anilines is 1. The smallest absolute Gasteiger partial charge is 0.308 e. The molecule has 2 atom stereocenters. The Kier molecular flexibility index (Phi) is 4.45. The van der Waals surface area contributed by atoms with Crippen LogP contribution in [0.4, 0.5) is 5.82 Å². The highest BCUT2D eigenvalue weighted by atomic mass is 16.4. The van der Waals surface area contributed by atoms with Crippen LogP contribution in [0.2, 0.25) is 0 Å². The largest absolute Gasteiger partial charge is 0.481 e. The standard InChI is InChI=1S/C15H21N3O3/c1-10-12(15(20)21)5-4-8-18(10)14(19)11-6-7-13(16-9-11)17(2)3/h6-7,9-10,12H,4-5,8H2,1-3H3,(H,20,21)/t10-,12-/m1/s1. The molecule has 1 amide bonds. The van der Waals surface area contributed by atoms with Gasteiger partial charge in [-0.25, -0.2) is 4.98 Å². The third-order valence-electron chi connectivity index (χ3n) is 4.02. The van der Waals surface area contributed by atoms with Gasteiger partial charge >= 0.3 is 5.97 Å². The molecule has 1 aliphatic heterocycles. The van der Waals surface area contributed by atoms with Crippen LogP contribution < -0.4 is 4.90 Å². The van der Waals surface area contributed by atoms with E-state index in [1.165, 1.54) is 0 Å². The molecule has 0 spiro atoms. The van der Waals surface area contributed by atoms with Gasteiger partial charge in [0.25, 0.3) is 5.91 Å². The van der Waals surface area contributed by atoms with Gasteiger partial charge in [-0.3, -0.25) is 9.59 Å². The average molecular weight is 291 g/mol. The number of hydrogen-bond acceptors (Lipinski definition) is 4. The van der Waals surface area contributed by atoms with Crippen LogP contribution in [-0.4, -0.2) is 53.5 Å². The van der Waals surface area contributed by atoms with E-state index in [1.54, 1.807) is 30.2 Å². The van der Waals surface area contributed by atoms with Crippen molar-refractivity contribution in [3.05, 3.63) is 23.9 Å². The van der Waals surface area contributed by atoms with Gasteiger partial charge in [-0.05, 0) is 31.9 Å². The van der Waals surface area contributed by atoms with Gasteiger partial charge in [0.05, 0.1) is 11.5 Å². The first-order valence-electron chi connectivity index (χ1n) is 7.09. The van der Waals surface area contributed by atoms with Gasteiger partial charge in [-0.2, -0.15) is 0 Å². The van der Waals surface area contributed by atoms with Gasteiger partial charge in [0.1, 0.15) is 5.82 Å². The van der Waals surface area contributed by atoms with Crippen LogP contribution in [0.15, 0.2) is 18.3 Å². The molecule has 1 N–H and O–H groups in total. The Hall–Kier alpha value is -2.11. The van der Waals surface area contributed by atoms with Crippen molar-refractivity contribution in [3.8, 4) is 0 Å². The van der Waals surface area contributed by atoms with Gasteiger partial charge in [-0.1, -0.05) is 0 Å². The molecular weight excluding hydrogens is 270 g/mol. The van der Waals surface area contributed by atoms with Gasteiger partial charge in [0.2, 0.25) is 0 Å². The second-order valence-corrected chi connectivity index (χ2v) is 5.63. The van der Waals surface area contributed by atoms with Crippen LogP contribution in [-0.2, 0) is 4.79 Å². The Labute approximate surface area is 124 Å². The molecule has 0 unspecified atom stereocenters. The summed E-state index contributed by atoms with van der Waals surface area (Å²) in [5.41, 5.74) is 0.499. The number of nitrogens with zero attached hydrogens (tertiary/aromatic N) is 3. The summed E-state index contributed by atoms with van der Waals surface area (Å²) in [5.74, 6) is -0.689. The van der Waals surface area contributed by atoms with Crippen molar-refractivity contribution < 1.29 is 14.7 Å². The molecule has 1 aromatic heterocycles. The van der Waals surface area contributed by atoms with Gasteiger partial charge in [0.15, 0.2) is 0 Å². The van der Waals surface area contributed by atoms with Crippen molar-refractivity contribution in [3.63, 3.8) is 0 Å². The fraction of sp³-hybridized carbons (Fsp3) is 0.533. The van der Waals surface area contributed by atoms with Gasteiger partial charge in [-0.15, -0.1) is 0 Å². The van der Waals surface area contributed by atoms with Crippen molar-refractivity contribution in [2.45, 2.75) is 25.8 Å². The molecule has 1 saturated heterocycles. The number of carbonyl (C=O) groups is 2. The number of aromatic nitrogens is 1. The molecule has 0 aromatic carbocycles. The van der Waals surface area contributed by atoms with Crippen molar-refractivity contribution in [2.24, 2.45) is 5.92 Å². The normalized spacial score (nSPS) is 22.0. The minimum atomic E-state index is -0.832. The van der Waals surface area contributed by atoms with Gasteiger partial charge < -0.3 is 14.9 Å². The first-order valence-corrected chi connectivity index (χ1v) is 7.09. The summed E-state index contributed by atoms with van der Waals surface area (Å²) in [5, 5.41) is 9.22. The topological polar surface area (TPSA) is 73.7 Å². The molecule has 1 aromatic rings. The van der Waals surface area contributed by atoms with E-state index in [0.29, 0.717) is 18.5 Å². The Morgan fingerprint density at radius 1 is 1.38 bits per heavy atom. The monoisotopic (exact) mass is 291 g/mol. The number of hydrogen-bond donors (Lipinski definition) is 1. The zero-order valence-corrected chi connectivity index (χ0v) is 12.6. The molecule has 0 bridgehead atoms. The highest BCUT2D eigenvalue weighted by Gasteiger charge is 2.35. The second-order valence-electron chi connectivity index (χ2n) is 5.63. The zero-order valence-electron chi connectivity index (χ0n) is 12.6. The molecule has 21 heavy (non-hydrogen) atoms. The van der Waals surface area contributed by atoms with E-state index in [2.05, 4.69) is 4.98 Å². The molecule has 1 fully saturated rings. The summed E-state index contributed by atoms with van der Waals surface area (Å²) in [4.78, 5) is 31.5. The highest BCUT2D eigenvalue weighted by molar-refractivity contribution is 5.94. The van der Waals surface area contributed by atoms with Crippen LogP contribution in [0, 0.1) is 5.92 Å². The predicted molar refractivity (Wildman–Crippen MR) is 79.4 cm³/mol. The van der Waals surface area contributed by atoms with Crippen LogP contribution in [0.3, 0.4) is 0 Å². The Balaban J connectivity index is 2.16. The van der Waals surface area contributed by atoms with Crippen molar-refractivity contribution in [1.82, 2.24) is 9.88 Å². The van der Waals surface area contributed by atoms with E-state index < -0.39 is 11.9 Å². The summed E-state index contributed by atoms with van der Waals surface area (Å²) < 4.78 is 0. The number of pyridine rings is 1. The van der Waals surface area contributed by atoms with E-state index in [0.717, 1.165) is 12.2 Å². The number of carbonyl (C=O) groups excluding carboxylic acids is 1. The second kappa shape index (κ2) is 6.11. The zero-order chi connectivity index (χ0) is 15.6. The lowest BCUT2D eigenvalue weighted by atomic mass is 9.90. The fourth-order valence-electron chi connectivity index (χ4n) is 2.70. The van der Waals surface area contributed by atoms with E-state index in [-0.39, 0.29) is 11.9 Å². The maximum Gasteiger partial charge on any atom is 0.308 e. The number of aliphatic carboxylic acids is 1. The lowest BCUT2D eigenvalue weighted by Gasteiger charge is -2.37. The predicted octanol–water partition coefficient (Wildman–Crippen LogP) is 1.47. The number of amides is 1. The lowest BCUT2D eigenvalue weighted by molar-refractivity contribution is -0.144. The fourth-order valence-corrected chi connectivity index (χ4v) is 2.70. The van der Waals surface area contributed by atoms with Crippen LogP contribution in [0.1, 0.15) is 30.1 Å². The number of carboxylic acid groups (broad SMARTS) is 1. The highest BCUT2D eigenvalue weighted by Crippen LogP contribution is 2.25. The molecular formula is C15H21N3O3. The molecule has 114 valence electrons. The summed E-state index contributed by atoms with van der Waals surface area (Å²) in [7, 11) is 3.77. The lowest BCUT2D eigenvalue weighted by Crippen LogP contribution is -2.49. The van der Waals surface area contributed by atoms with Crippen molar-refractivity contribution >= 4 is 17.7 Å². The Bertz CT molecular complexity index is 527. The number of rotatable bonds is 3. The maximum atomic E-state index is 12.5. The van der Waals surface area contributed by atoms with Crippen molar-refractivity contribution in [2.75, 3.05) is 25.5 Å². The molecule has 0 aliphatic carbocycles. The molecule has 2 heterocycles. The van der Waals surface area contributed by atoms with Crippen LogP contribution >= 0.6 is 0 Å². The molecule has 0 saturated carbocycles. The average Bonchev–Trinajstić information content (AvgIpc) is 2.46. The van der Waals surface area contributed by atoms with E-state index in [4.69, 9.17) is 0 Å². The Morgan fingerprint density at radius 2 is 2.10 bits per heavy atom. The number of carboxylic acids is 1. The maximum absolute atomic E-state index is 12.5. The van der Waals surface area contributed by atoms with Gasteiger partial charge in [0, 0.05) is 32.9 Å². The summed E-state index contributed by atoms with van der Waals surface area (Å²) in [6, 6.07) is 3.23. The third-order valence-corrected chi connectivity index (χ3v) is 4.02. The molecule has 0 radical (unpaired) electrons. The first kappa shape index (κ1) is 15.3. The molecule has 6 heteroatoms. The minimum Gasteiger partial charge on any atom is -0.481 e.